The number of aliphatic carboxylic acids is 1. The van der Waals surface area contributed by atoms with Crippen molar-refractivity contribution in [3.05, 3.63) is 34.6 Å². The van der Waals surface area contributed by atoms with Crippen LogP contribution in [0.2, 0.25) is 5.02 Å². The first-order valence-corrected chi connectivity index (χ1v) is 5.62. The number of rotatable bonds is 2. The first-order valence-electron chi connectivity index (χ1n) is 5.24. The summed E-state index contributed by atoms with van der Waals surface area (Å²) in [5, 5.41) is 9.59. The summed E-state index contributed by atoms with van der Waals surface area (Å²) in [6, 6.07) is 4.03. The fraction of sp³-hybridized carbons (Fsp3) is 0.417. The molecule has 0 radical (unpaired) electrons. The van der Waals surface area contributed by atoms with Crippen LogP contribution in [0.25, 0.3) is 0 Å². The fourth-order valence-corrected chi connectivity index (χ4v) is 2.66. The van der Waals surface area contributed by atoms with Crippen LogP contribution in [0.4, 0.5) is 4.39 Å². The molecule has 1 fully saturated rings. The van der Waals surface area contributed by atoms with E-state index < -0.39 is 17.2 Å². The maximum Gasteiger partial charge on any atom is 0.314 e. The largest absolute Gasteiger partial charge is 0.481 e. The zero-order valence-electron chi connectivity index (χ0n) is 8.67. The van der Waals surface area contributed by atoms with Gasteiger partial charge in [-0.1, -0.05) is 24.4 Å². The lowest BCUT2D eigenvalue weighted by Crippen LogP contribution is -2.32. The Morgan fingerprint density at radius 2 is 1.94 bits per heavy atom. The minimum absolute atomic E-state index is 0.252. The number of hydrogen-bond acceptors (Lipinski definition) is 1. The molecule has 86 valence electrons. The van der Waals surface area contributed by atoms with E-state index in [2.05, 4.69) is 0 Å². The summed E-state index contributed by atoms with van der Waals surface area (Å²) in [5.41, 5.74) is -0.450. The Bertz CT molecular complexity index is 405. The van der Waals surface area contributed by atoms with Crippen LogP contribution in [-0.2, 0) is 10.2 Å². The molecule has 0 unspecified atom stereocenters. The summed E-state index contributed by atoms with van der Waals surface area (Å²) in [5.74, 6) is -1.36. The molecule has 1 aliphatic carbocycles. The molecule has 0 aliphatic heterocycles. The highest BCUT2D eigenvalue weighted by molar-refractivity contribution is 6.30. The van der Waals surface area contributed by atoms with Crippen LogP contribution < -0.4 is 0 Å². The second kappa shape index (κ2) is 4.06. The average molecular weight is 243 g/mol. The summed E-state index contributed by atoms with van der Waals surface area (Å²) >= 11 is 5.76. The molecule has 2 rings (SSSR count). The quantitative estimate of drug-likeness (QED) is 0.863. The van der Waals surface area contributed by atoms with Crippen molar-refractivity contribution in [2.75, 3.05) is 0 Å². The van der Waals surface area contributed by atoms with Gasteiger partial charge in [0, 0.05) is 5.02 Å². The fourth-order valence-electron chi connectivity index (χ4n) is 2.43. The minimum Gasteiger partial charge on any atom is -0.481 e. The monoisotopic (exact) mass is 242 g/mol. The van der Waals surface area contributed by atoms with E-state index in [9.17, 15) is 14.3 Å². The molecule has 0 amide bonds. The van der Waals surface area contributed by atoms with Gasteiger partial charge in [0.25, 0.3) is 0 Å². The van der Waals surface area contributed by atoms with Gasteiger partial charge in [0.15, 0.2) is 0 Å². The van der Waals surface area contributed by atoms with Gasteiger partial charge >= 0.3 is 5.97 Å². The van der Waals surface area contributed by atoms with Gasteiger partial charge in [-0.15, -0.1) is 0 Å². The van der Waals surface area contributed by atoms with Gasteiger partial charge < -0.3 is 5.11 Å². The van der Waals surface area contributed by atoms with E-state index in [1.165, 1.54) is 12.1 Å². The third kappa shape index (κ3) is 1.80. The molecule has 0 heterocycles. The van der Waals surface area contributed by atoms with Crippen LogP contribution >= 0.6 is 11.6 Å². The Morgan fingerprint density at radius 1 is 1.31 bits per heavy atom. The number of halogens is 2. The molecule has 1 aromatic rings. The number of hydrogen-bond donors (Lipinski definition) is 1. The highest BCUT2D eigenvalue weighted by Gasteiger charge is 2.43. The molecule has 16 heavy (non-hydrogen) atoms. The second-order valence-corrected chi connectivity index (χ2v) is 4.69. The zero-order valence-corrected chi connectivity index (χ0v) is 9.43. The zero-order chi connectivity index (χ0) is 11.8. The SMILES string of the molecule is O=C(O)C1(c2cc(F)cc(Cl)c2)CCCC1. The van der Waals surface area contributed by atoms with Crippen LogP contribution in [-0.4, -0.2) is 11.1 Å². The smallest absolute Gasteiger partial charge is 0.314 e. The number of benzene rings is 1. The van der Waals surface area contributed by atoms with Crippen LogP contribution in [0.1, 0.15) is 31.2 Å². The van der Waals surface area contributed by atoms with E-state index in [1.807, 2.05) is 0 Å². The van der Waals surface area contributed by atoms with Crippen molar-refractivity contribution >= 4 is 17.6 Å². The normalized spacial score (nSPS) is 18.6. The van der Waals surface area contributed by atoms with E-state index in [4.69, 9.17) is 11.6 Å². The van der Waals surface area contributed by atoms with Gasteiger partial charge in [0.1, 0.15) is 5.82 Å². The van der Waals surface area contributed by atoms with Crippen LogP contribution in [0.15, 0.2) is 18.2 Å². The standard InChI is InChI=1S/C12H12ClFO2/c13-9-5-8(6-10(14)7-9)12(11(15)16)3-1-2-4-12/h5-7H,1-4H2,(H,15,16). The Kier molecular flexibility index (Phi) is 2.89. The molecule has 4 heteroatoms. The highest BCUT2D eigenvalue weighted by atomic mass is 35.5. The van der Waals surface area contributed by atoms with E-state index in [0.29, 0.717) is 18.4 Å². The summed E-state index contributed by atoms with van der Waals surface area (Å²) in [6.45, 7) is 0. The van der Waals surface area contributed by atoms with Gasteiger partial charge in [-0.3, -0.25) is 4.79 Å². The van der Waals surface area contributed by atoms with E-state index in [1.54, 1.807) is 6.07 Å². The summed E-state index contributed by atoms with van der Waals surface area (Å²) < 4.78 is 13.2. The minimum atomic E-state index is -0.939. The predicted molar refractivity (Wildman–Crippen MR) is 59.2 cm³/mol. The second-order valence-electron chi connectivity index (χ2n) is 4.25. The van der Waals surface area contributed by atoms with Crippen molar-refractivity contribution in [1.29, 1.82) is 0 Å². The van der Waals surface area contributed by atoms with E-state index >= 15 is 0 Å². The summed E-state index contributed by atoms with van der Waals surface area (Å²) in [4.78, 5) is 11.4. The first-order chi connectivity index (χ1) is 7.54. The molecule has 2 nitrogen and oxygen atoms in total. The van der Waals surface area contributed by atoms with Crippen molar-refractivity contribution in [3.63, 3.8) is 0 Å². The van der Waals surface area contributed by atoms with Gasteiger partial charge in [0.05, 0.1) is 5.41 Å². The van der Waals surface area contributed by atoms with E-state index in [0.717, 1.165) is 12.8 Å². The maximum atomic E-state index is 13.2. The summed E-state index contributed by atoms with van der Waals surface area (Å²) in [6.07, 6.45) is 2.84. The van der Waals surface area contributed by atoms with E-state index in [-0.39, 0.29) is 5.02 Å². The van der Waals surface area contributed by atoms with Crippen LogP contribution in [0, 0.1) is 5.82 Å². The molecular formula is C12H12ClFO2. The molecule has 1 aromatic carbocycles. The molecule has 0 atom stereocenters. The first kappa shape index (κ1) is 11.4. The lowest BCUT2D eigenvalue weighted by Gasteiger charge is -2.24. The lowest BCUT2D eigenvalue weighted by molar-refractivity contribution is -0.143. The molecular weight excluding hydrogens is 231 g/mol. The molecule has 0 bridgehead atoms. The van der Waals surface area contributed by atoms with Gasteiger partial charge in [-0.2, -0.15) is 0 Å². The summed E-state index contributed by atoms with van der Waals surface area (Å²) in [7, 11) is 0. The predicted octanol–water partition coefficient (Wildman–Crippen LogP) is 3.38. The molecule has 1 saturated carbocycles. The molecule has 0 aromatic heterocycles. The van der Waals surface area contributed by atoms with Crippen LogP contribution in [0.5, 0.6) is 0 Å². The molecule has 0 saturated heterocycles. The average Bonchev–Trinajstić information content (AvgIpc) is 2.65. The maximum absolute atomic E-state index is 13.2. The van der Waals surface area contributed by atoms with Crippen molar-refractivity contribution in [3.8, 4) is 0 Å². The molecule has 1 N–H and O–H groups in total. The lowest BCUT2D eigenvalue weighted by atomic mass is 9.79. The Morgan fingerprint density at radius 3 is 2.44 bits per heavy atom. The van der Waals surface area contributed by atoms with Gasteiger partial charge in [0.2, 0.25) is 0 Å². The van der Waals surface area contributed by atoms with Gasteiger partial charge in [-0.25, -0.2) is 4.39 Å². The topological polar surface area (TPSA) is 37.3 Å². The van der Waals surface area contributed by atoms with Crippen molar-refractivity contribution in [1.82, 2.24) is 0 Å². The van der Waals surface area contributed by atoms with Crippen molar-refractivity contribution < 1.29 is 14.3 Å². The Balaban J connectivity index is 2.51. The Hall–Kier alpha value is -1.09. The molecule has 1 aliphatic rings. The number of carbonyl (C=O) groups is 1. The Labute approximate surface area is 98.0 Å². The van der Waals surface area contributed by atoms with Gasteiger partial charge in [-0.05, 0) is 36.6 Å². The third-order valence-corrected chi connectivity index (χ3v) is 3.50. The van der Waals surface area contributed by atoms with Crippen LogP contribution in [0.3, 0.4) is 0 Å². The number of carboxylic acid groups (broad SMARTS) is 1. The molecule has 0 spiro atoms. The van der Waals surface area contributed by atoms with Crippen molar-refractivity contribution in [2.24, 2.45) is 0 Å². The highest BCUT2D eigenvalue weighted by Crippen LogP contribution is 2.42. The van der Waals surface area contributed by atoms with Crippen molar-refractivity contribution in [2.45, 2.75) is 31.1 Å². The third-order valence-electron chi connectivity index (χ3n) is 3.28. The number of carboxylic acids is 1.